The highest BCUT2D eigenvalue weighted by atomic mass is 32.1. The molecule has 2 aromatic rings. The van der Waals surface area contributed by atoms with E-state index < -0.39 is 0 Å². The Morgan fingerprint density at radius 2 is 2.12 bits per heavy atom. The summed E-state index contributed by atoms with van der Waals surface area (Å²) in [5, 5.41) is 17.0. The number of hydrazone groups is 1. The monoisotopic (exact) mass is 344 g/mol. The molecule has 0 aliphatic carbocycles. The smallest absolute Gasteiger partial charge is 0.293 e. The highest BCUT2D eigenvalue weighted by molar-refractivity contribution is 7.12. The lowest BCUT2D eigenvalue weighted by Gasteiger charge is -2.17. The van der Waals surface area contributed by atoms with Gasteiger partial charge in [0, 0.05) is 24.7 Å². The lowest BCUT2D eigenvalue weighted by Crippen LogP contribution is -2.19. The Labute approximate surface area is 142 Å². The molecule has 1 N–H and O–H groups in total. The molecule has 124 valence electrons. The number of amides is 1. The lowest BCUT2D eigenvalue weighted by atomic mass is 10.1. The Morgan fingerprint density at radius 1 is 1.33 bits per heavy atom. The van der Waals surface area contributed by atoms with Gasteiger partial charge >= 0.3 is 0 Å². The molecule has 3 rings (SSSR count). The van der Waals surface area contributed by atoms with E-state index in [0.717, 1.165) is 25.9 Å². The third kappa shape index (κ3) is 3.60. The van der Waals surface area contributed by atoms with Crippen molar-refractivity contribution >= 4 is 34.8 Å². The molecule has 0 atom stereocenters. The topological polar surface area (TPSA) is 87.8 Å². The predicted molar refractivity (Wildman–Crippen MR) is 93.9 cm³/mol. The summed E-state index contributed by atoms with van der Waals surface area (Å²) in [6.45, 7) is 1.68. The van der Waals surface area contributed by atoms with Crippen LogP contribution < -0.4 is 10.3 Å². The molecule has 2 heterocycles. The van der Waals surface area contributed by atoms with E-state index >= 15 is 0 Å². The number of nitrogens with zero attached hydrogens (tertiary/aromatic N) is 3. The summed E-state index contributed by atoms with van der Waals surface area (Å²) in [6.07, 6.45) is 3.51. The van der Waals surface area contributed by atoms with E-state index in [9.17, 15) is 14.9 Å². The van der Waals surface area contributed by atoms with Crippen molar-refractivity contribution in [1.29, 1.82) is 0 Å². The minimum absolute atomic E-state index is 0.0606. The highest BCUT2D eigenvalue weighted by Crippen LogP contribution is 2.31. The average Bonchev–Trinajstić information content (AvgIpc) is 3.28. The number of anilines is 1. The zero-order valence-electron chi connectivity index (χ0n) is 12.8. The van der Waals surface area contributed by atoms with Gasteiger partial charge in [0.2, 0.25) is 0 Å². The summed E-state index contributed by atoms with van der Waals surface area (Å²) in [5.74, 6) is -0.301. The van der Waals surface area contributed by atoms with Crippen molar-refractivity contribution in [3.05, 3.63) is 56.3 Å². The maximum atomic E-state index is 11.8. The maximum absolute atomic E-state index is 11.8. The average molecular weight is 344 g/mol. The lowest BCUT2D eigenvalue weighted by molar-refractivity contribution is -0.384. The van der Waals surface area contributed by atoms with Crippen LogP contribution in [0.1, 0.15) is 28.1 Å². The van der Waals surface area contributed by atoms with Crippen LogP contribution in [0, 0.1) is 10.1 Å². The Balaban J connectivity index is 1.74. The maximum Gasteiger partial charge on any atom is 0.293 e. The van der Waals surface area contributed by atoms with Crippen LogP contribution in [-0.2, 0) is 0 Å². The number of hydrogen-bond donors (Lipinski definition) is 1. The summed E-state index contributed by atoms with van der Waals surface area (Å²) in [4.78, 5) is 25.3. The fourth-order valence-electron chi connectivity index (χ4n) is 2.62. The highest BCUT2D eigenvalue weighted by Gasteiger charge is 2.22. The van der Waals surface area contributed by atoms with Crippen LogP contribution in [0.5, 0.6) is 0 Å². The third-order valence-electron chi connectivity index (χ3n) is 3.77. The number of hydrogen-bond acceptors (Lipinski definition) is 6. The molecule has 0 bridgehead atoms. The van der Waals surface area contributed by atoms with Crippen molar-refractivity contribution in [1.82, 2.24) is 5.43 Å². The Kier molecular flexibility index (Phi) is 4.85. The fourth-order valence-corrected chi connectivity index (χ4v) is 3.23. The molecule has 7 nitrogen and oxygen atoms in total. The van der Waals surface area contributed by atoms with Gasteiger partial charge in [-0.25, -0.2) is 5.43 Å². The predicted octanol–water partition coefficient (Wildman–Crippen LogP) is 3.02. The van der Waals surface area contributed by atoms with Gasteiger partial charge < -0.3 is 4.90 Å². The molecule has 1 aromatic carbocycles. The first-order valence-electron chi connectivity index (χ1n) is 7.55. The molecule has 1 fully saturated rings. The quantitative estimate of drug-likeness (QED) is 0.513. The first-order chi connectivity index (χ1) is 11.6. The first-order valence-corrected chi connectivity index (χ1v) is 8.43. The van der Waals surface area contributed by atoms with Crippen LogP contribution >= 0.6 is 11.3 Å². The second-order valence-corrected chi connectivity index (χ2v) is 6.32. The number of carbonyl (C=O) groups is 1. The van der Waals surface area contributed by atoms with Gasteiger partial charge in [0.1, 0.15) is 5.69 Å². The van der Waals surface area contributed by atoms with Crippen LogP contribution in [0.4, 0.5) is 11.4 Å². The van der Waals surface area contributed by atoms with Crippen molar-refractivity contribution in [2.45, 2.75) is 12.8 Å². The van der Waals surface area contributed by atoms with Gasteiger partial charge in [-0.3, -0.25) is 14.9 Å². The molecule has 0 radical (unpaired) electrons. The molecule has 0 unspecified atom stereocenters. The molecule has 1 aromatic heterocycles. The number of nitro groups is 1. The molecule has 1 saturated heterocycles. The molecular formula is C16H16N4O3S. The van der Waals surface area contributed by atoms with E-state index in [0.29, 0.717) is 16.1 Å². The number of rotatable bonds is 5. The van der Waals surface area contributed by atoms with E-state index in [1.165, 1.54) is 23.6 Å². The van der Waals surface area contributed by atoms with Crippen molar-refractivity contribution in [3.8, 4) is 0 Å². The molecule has 24 heavy (non-hydrogen) atoms. The van der Waals surface area contributed by atoms with Crippen molar-refractivity contribution in [2.75, 3.05) is 18.0 Å². The minimum Gasteiger partial charge on any atom is -0.366 e. The summed E-state index contributed by atoms with van der Waals surface area (Å²) < 4.78 is 0. The second-order valence-electron chi connectivity index (χ2n) is 5.38. The fraction of sp³-hybridized carbons (Fsp3) is 0.250. The number of nitrogens with one attached hydrogen (secondary N) is 1. The molecule has 8 heteroatoms. The first kappa shape index (κ1) is 16.1. The Bertz CT molecular complexity index is 768. The number of carbonyl (C=O) groups excluding carboxylic acids is 1. The summed E-state index contributed by atoms with van der Waals surface area (Å²) in [5.41, 5.74) is 3.68. The van der Waals surface area contributed by atoms with Gasteiger partial charge in [0.15, 0.2) is 0 Å². The zero-order valence-corrected chi connectivity index (χ0v) is 13.7. The van der Waals surface area contributed by atoms with Crippen molar-refractivity contribution in [2.24, 2.45) is 5.10 Å². The molecular weight excluding hydrogens is 328 g/mol. The summed E-state index contributed by atoms with van der Waals surface area (Å²) in [6, 6.07) is 8.47. The van der Waals surface area contributed by atoms with Crippen molar-refractivity contribution < 1.29 is 9.72 Å². The molecule has 1 amide bonds. The van der Waals surface area contributed by atoms with E-state index in [-0.39, 0.29) is 16.5 Å². The standard InChI is InChI=1S/C16H16N4O3S/c21-16(15-4-3-9-24-15)18-17-11-12-5-6-13(14(10-12)20(22)23)19-7-1-2-8-19/h3-6,9-11H,1-2,7-8H2,(H,18,21)/b17-11-. The third-order valence-corrected chi connectivity index (χ3v) is 4.64. The van der Waals surface area contributed by atoms with Crippen molar-refractivity contribution in [3.63, 3.8) is 0 Å². The second kappa shape index (κ2) is 7.22. The number of benzene rings is 1. The minimum atomic E-state index is -0.380. The zero-order chi connectivity index (χ0) is 16.9. The SMILES string of the molecule is O=C(N/N=C\c1ccc(N2CCCC2)c([N+](=O)[O-])c1)c1cccs1. The van der Waals surface area contributed by atoms with E-state index in [1.54, 1.807) is 29.6 Å². The van der Waals surface area contributed by atoms with Crippen LogP contribution in [0.3, 0.4) is 0 Å². The van der Waals surface area contributed by atoms with Gasteiger partial charge in [-0.1, -0.05) is 12.1 Å². The molecule has 1 aliphatic rings. The molecule has 1 aliphatic heterocycles. The summed E-state index contributed by atoms with van der Waals surface area (Å²) in [7, 11) is 0. The number of nitro benzene ring substituents is 1. The van der Waals surface area contributed by atoms with Crippen LogP contribution in [-0.4, -0.2) is 30.1 Å². The van der Waals surface area contributed by atoms with E-state index in [1.807, 2.05) is 4.90 Å². The van der Waals surface area contributed by atoms with E-state index in [2.05, 4.69) is 10.5 Å². The number of thiophene rings is 1. The van der Waals surface area contributed by atoms with Gasteiger partial charge in [-0.2, -0.15) is 5.10 Å². The largest absolute Gasteiger partial charge is 0.366 e. The summed E-state index contributed by atoms with van der Waals surface area (Å²) >= 11 is 1.32. The van der Waals surface area contributed by atoms with Crippen LogP contribution in [0.2, 0.25) is 0 Å². The van der Waals surface area contributed by atoms with Gasteiger partial charge in [-0.15, -0.1) is 11.3 Å². The van der Waals surface area contributed by atoms with Crippen LogP contribution in [0.25, 0.3) is 0 Å². The Morgan fingerprint density at radius 3 is 2.79 bits per heavy atom. The normalized spacial score (nSPS) is 14.2. The molecule has 0 saturated carbocycles. The van der Waals surface area contributed by atoms with Gasteiger partial charge in [0.25, 0.3) is 11.6 Å². The molecule has 0 spiro atoms. The Hall–Kier alpha value is -2.74. The van der Waals surface area contributed by atoms with Crippen LogP contribution in [0.15, 0.2) is 40.8 Å². The van der Waals surface area contributed by atoms with E-state index in [4.69, 9.17) is 0 Å². The van der Waals surface area contributed by atoms with Gasteiger partial charge in [0.05, 0.1) is 16.0 Å². The van der Waals surface area contributed by atoms with Gasteiger partial charge in [-0.05, 0) is 30.4 Å².